The van der Waals surface area contributed by atoms with Gasteiger partial charge in [-0.3, -0.25) is 0 Å². The fraction of sp³-hybridized carbons (Fsp3) is 0.0256. The summed E-state index contributed by atoms with van der Waals surface area (Å²) in [6.45, 7) is 2.13. The van der Waals surface area contributed by atoms with E-state index in [1.165, 1.54) is 27.1 Å². The molecule has 0 amide bonds. The van der Waals surface area contributed by atoms with Crippen LogP contribution in [0.15, 0.2) is 164 Å². The number of aryl methyl sites for hydroxylation is 1. The summed E-state index contributed by atoms with van der Waals surface area (Å²) in [5.41, 5.74) is 8.02. The quantitative estimate of drug-likeness (QED) is 0.213. The Morgan fingerprint density at radius 2 is 0.854 bits per heavy atom. The molecule has 0 bridgehead atoms. The van der Waals surface area contributed by atoms with Crippen LogP contribution in [-0.4, -0.2) is 0 Å². The van der Waals surface area contributed by atoms with Crippen molar-refractivity contribution in [2.45, 2.75) is 6.92 Å². The van der Waals surface area contributed by atoms with Crippen molar-refractivity contribution in [2.75, 3.05) is 9.80 Å². The maximum Gasteiger partial charge on any atom is 0.0540 e. The van der Waals surface area contributed by atoms with Crippen molar-refractivity contribution >= 4 is 55.7 Å². The van der Waals surface area contributed by atoms with Gasteiger partial charge in [0.15, 0.2) is 0 Å². The monoisotopic (exact) mass is 526 g/mol. The molecule has 2 heteroatoms. The zero-order valence-electron chi connectivity index (χ0n) is 23.0. The average molecular weight is 527 g/mol. The number of rotatable bonds is 6. The van der Waals surface area contributed by atoms with E-state index >= 15 is 0 Å². The third kappa shape index (κ3) is 4.81. The minimum absolute atomic E-state index is 1.11. The predicted molar refractivity (Wildman–Crippen MR) is 176 cm³/mol. The number of fused-ring (bicyclic) bond motifs is 2. The van der Waals surface area contributed by atoms with Crippen molar-refractivity contribution in [1.29, 1.82) is 0 Å². The molecule has 0 radical (unpaired) electrons. The Kier molecular flexibility index (Phi) is 6.42. The van der Waals surface area contributed by atoms with Crippen LogP contribution in [-0.2, 0) is 0 Å². The standard InChI is InChI=1S/C39H30N2/c1-29-18-21-35(22-19-29)41(39-17-9-13-31-11-7-8-16-38(31)39)36-26-24-34(25-27-36)40(33-14-3-2-4-15-33)37-23-20-30-10-5-6-12-32(30)28-37/h2-28H,1H3. The highest BCUT2D eigenvalue weighted by Gasteiger charge is 2.17. The first-order valence-electron chi connectivity index (χ1n) is 14.0. The maximum absolute atomic E-state index is 2.36. The number of hydrogen-bond acceptors (Lipinski definition) is 2. The largest absolute Gasteiger partial charge is 0.310 e. The van der Waals surface area contributed by atoms with Gasteiger partial charge in [-0.15, -0.1) is 0 Å². The van der Waals surface area contributed by atoms with E-state index in [1.807, 2.05) is 0 Å². The molecule has 0 aromatic heterocycles. The van der Waals surface area contributed by atoms with Gasteiger partial charge in [-0.2, -0.15) is 0 Å². The molecular formula is C39H30N2. The van der Waals surface area contributed by atoms with E-state index in [-0.39, 0.29) is 0 Å². The molecule has 0 heterocycles. The smallest absolute Gasteiger partial charge is 0.0540 e. The Balaban J connectivity index is 1.36. The first kappa shape index (κ1) is 24.7. The molecule has 7 aromatic carbocycles. The summed E-state index contributed by atoms with van der Waals surface area (Å²) in [7, 11) is 0. The second kappa shape index (κ2) is 10.7. The molecule has 7 aromatic rings. The third-order valence-corrected chi connectivity index (χ3v) is 7.67. The zero-order valence-corrected chi connectivity index (χ0v) is 23.0. The highest BCUT2D eigenvalue weighted by molar-refractivity contribution is 5.99. The van der Waals surface area contributed by atoms with E-state index in [9.17, 15) is 0 Å². The molecule has 0 aliphatic rings. The van der Waals surface area contributed by atoms with Gasteiger partial charge in [0.05, 0.1) is 5.69 Å². The summed E-state index contributed by atoms with van der Waals surface area (Å²) in [5, 5.41) is 4.92. The lowest BCUT2D eigenvalue weighted by Crippen LogP contribution is -2.12. The van der Waals surface area contributed by atoms with Crippen LogP contribution in [0.3, 0.4) is 0 Å². The van der Waals surface area contributed by atoms with E-state index in [0.29, 0.717) is 0 Å². The summed E-state index contributed by atoms with van der Waals surface area (Å²) in [6.07, 6.45) is 0. The van der Waals surface area contributed by atoms with Crippen molar-refractivity contribution in [3.63, 3.8) is 0 Å². The van der Waals surface area contributed by atoms with Crippen LogP contribution in [0, 0.1) is 6.92 Å². The molecule has 0 saturated heterocycles. The van der Waals surface area contributed by atoms with Gasteiger partial charge < -0.3 is 9.80 Å². The second-order valence-corrected chi connectivity index (χ2v) is 10.4. The minimum Gasteiger partial charge on any atom is -0.310 e. The van der Waals surface area contributed by atoms with Crippen LogP contribution in [0.25, 0.3) is 21.5 Å². The summed E-state index contributed by atoms with van der Waals surface area (Å²) in [6, 6.07) is 58.6. The van der Waals surface area contributed by atoms with E-state index in [2.05, 4.69) is 181 Å². The number of benzene rings is 7. The predicted octanol–water partition coefficient (Wildman–Crippen LogP) is 11.2. The molecule has 0 atom stereocenters. The van der Waals surface area contributed by atoms with Gasteiger partial charge in [-0.1, -0.05) is 103 Å². The molecule has 0 unspecified atom stereocenters. The highest BCUT2D eigenvalue weighted by atomic mass is 15.2. The Hall–Kier alpha value is -5.34. The van der Waals surface area contributed by atoms with Gasteiger partial charge in [-0.25, -0.2) is 0 Å². The van der Waals surface area contributed by atoms with Crippen molar-refractivity contribution in [1.82, 2.24) is 0 Å². The first-order chi connectivity index (χ1) is 20.2. The molecule has 196 valence electrons. The van der Waals surface area contributed by atoms with Crippen LogP contribution in [0.5, 0.6) is 0 Å². The van der Waals surface area contributed by atoms with E-state index in [4.69, 9.17) is 0 Å². The lowest BCUT2D eigenvalue weighted by Gasteiger charge is -2.29. The van der Waals surface area contributed by atoms with Gasteiger partial charge in [0, 0.05) is 33.8 Å². The van der Waals surface area contributed by atoms with Gasteiger partial charge in [0.1, 0.15) is 0 Å². The number of nitrogens with zero attached hydrogens (tertiary/aromatic N) is 2. The number of hydrogen-bond donors (Lipinski definition) is 0. The van der Waals surface area contributed by atoms with Gasteiger partial charge in [0.25, 0.3) is 0 Å². The summed E-state index contributed by atoms with van der Waals surface area (Å²) < 4.78 is 0. The van der Waals surface area contributed by atoms with Gasteiger partial charge in [0.2, 0.25) is 0 Å². The van der Waals surface area contributed by atoms with Crippen LogP contribution in [0.1, 0.15) is 5.56 Å². The Bertz CT molecular complexity index is 1940. The van der Waals surface area contributed by atoms with E-state index < -0.39 is 0 Å². The number of anilines is 6. The molecule has 0 N–H and O–H groups in total. The average Bonchev–Trinajstić information content (AvgIpc) is 3.03. The second-order valence-electron chi connectivity index (χ2n) is 10.4. The third-order valence-electron chi connectivity index (χ3n) is 7.67. The van der Waals surface area contributed by atoms with Crippen LogP contribution in [0.4, 0.5) is 34.1 Å². The lowest BCUT2D eigenvalue weighted by molar-refractivity contribution is 1.26. The Morgan fingerprint density at radius 1 is 0.341 bits per heavy atom. The molecule has 0 aliphatic heterocycles. The topological polar surface area (TPSA) is 6.48 Å². The van der Waals surface area contributed by atoms with Crippen molar-refractivity contribution in [2.24, 2.45) is 0 Å². The maximum atomic E-state index is 2.36. The zero-order chi connectivity index (χ0) is 27.6. The summed E-state index contributed by atoms with van der Waals surface area (Å²) >= 11 is 0. The number of para-hydroxylation sites is 1. The van der Waals surface area contributed by atoms with Crippen LogP contribution < -0.4 is 9.80 Å². The molecular weight excluding hydrogens is 496 g/mol. The molecule has 0 aliphatic carbocycles. The van der Waals surface area contributed by atoms with Crippen LogP contribution >= 0.6 is 0 Å². The fourth-order valence-electron chi connectivity index (χ4n) is 5.62. The summed E-state index contributed by atoms with van der Waals surface area (Å²) in [4.78, 5) is 4.68. The van der Waals surface area contributed by atoms with Crippen LogP contribution in [0.2, 0.25) is 0 Å². The van der Waals surface area contributed by atoms with Crippen molar-refractivity contribution in [3.05, 3.63) is 169 Å². The molecule has 2 nitrogen and oxygen atoms in total. The highest BCUT2D eigenvalue weighted by Crippen LogP contribution is 2.41. The normalized spacial score (nSPS) is 11.0. The molecule has 0 fully saturated rings. The molecule has 41 heavy (non-hydrogen) atoms. The lowest BCUT2D eigenvalue weighted by atomic mass is 10.1. The van der Waals surface area contributed by atoms with E-state index in [1.54, 1.807) is 0 Å². The fourth-order valence-corrected chi connectivity index (χ4v) is 5.62. The SMILES string of the molecule is Cc1ccc(N(c2ccc(N(c3ccccc3)c3ccc4ccccc4c3)cc2)c2cccc3ccccc23)cc1. The summed E-state index contributed by atoms with van der Waals surface area (Å²) in [5.74, 6) is 0. The molecule has 0 spiro atoms. The van der Waals surface area contributed by atoms with Gasteiger partial charge >= 0.3 is 0 Å². The Labute approximate surface area is 241 Å². The van der Waals surface area contributed by atoms with E-state index in [0.717, 1.165) is 34.1 Å². The Morgan fingerprint density at radius 3 is 1.59 bits per heavy atom. The first-order valence-corrected chi connectivity index (χ1v) is 14.0. The minimum atomic E-state index is 1.11. The molecule has 7 rings (SSSR count). The van der Waals surface area contributed by atoms with Crippen molar-refractivity contribution in [3.8, 4) is 0 Å². The van der Waals surface area contributed by atoms with Gasteiger partial charge in [-0.05, 0) is 89.8 Å². The van der Waals surface area contributed by atoms with Crippen molar-refractivity contribution < 1.29 is 0 Å². The molecule has 0 saturated carbocycles.